The number of ether oxygens (including phenoxy) is 1. The Balaban J connectivity index is 1.54. The molecule has 2 aliphatic heterocycles. The molecule has 1 amide bonds. The molecule has 1 fully saturated rings. The molecule has 0 saturated carbocycles. The summed E-state index contributed by atoms with van der Waals surface area (Å²) in [7, 11) is 1.75. The van der Waals surface area contributed by atoms with Gasteiger partial charge in [0.1, 0.15) is 11.4 Å². The first-order valence-electron chi connectivity index (χ1n) is 11.1. The molecule has 33 heavy (non-hydrogen) atoms. The van der Waals surface area contributed by atoms with Gasteiger partial charge in [0.05, 0.1) is 23.0 Å². The molecule has 9 heteroatoms. The van der Waals surface area contributed by atoms with Crippen molar-refractivity contribution >= 4 is 28.9 Å². The first-order chi connectivity index (χ1) is 15.8. The number of fused-ring (bicyclic) bond motifs is 2. The van der Waals surface area contributed by atoms with Crippen LogP contribution in [0.4, 0.5) is 11.4 Å². The summed E-state index contributed by atoms with van der Waals surface area (Å²) in [5.41, 5.74) is 10.9. The summed E-state index contributed by atoms with van der Waals surface area (Å²) in [4.78, 5) is 32.5. The maximum Gasteiger partial charge on any atom is 0.306 e. The number of anilines is 2. The van der Waals surface area contributed by atoms with E-state index < -0.39 is 12.1 Å². The molecule has 0 spiro atoms. The molecule has 9 nitrogen and oxygen atoms in total. The molecule has 0 aliphatic carbocycles. The lowest BCUT2D eigenvalue weighted by Gasteiger charge is -2.31. The Bertz CT molecular complexity index is 1250. The number of aromatic nitrogens is 2. The monoisotopic (exact) mass is 449 g/mol. The predicted molar refractivity (Wildman–Crippen MR) is 124 cm³/mol. The van der Waals surface area contributed by atoms with Gasteiger partial charge in [-0.05, 0) is 63.2 Å². The number of hydrogen-bond acceptors (Lipinski definition) is 6. The third-order valence-electron chi connectivity index (χ3n) is 6.63. The van der Waals surface area contributed by atoms with Crippen LogP contribution in [0.5, 0.6) is 5.75 Å². The fourth-order valence-electron chi connectivity index (χ4n) is 4.70. The van der Waals surface area contributed by atoms with Crippen LogP contribution >= 0.6 is 0 Å². The molecule has 2 aliphatic rings. The molecule has 2 aromatic heterocycles. The van der Waals surface area contributed by atoms with Crippen molar-refractivity contribution in [3.8, 4) is 17.0 Å². The molecule has 1 saturated heterocycles. The quantitative estimate of drug-likeness (QED) is 0.629. The van der Waals surface area contributed by atoms with Crippen LogP contribution in [-0.2, 0) is 16.1 Å². The number of aliphatic carboxylic acids is 1. The number of hydrogen-bond donors (Lipinski definition) is 2. The number of pyridine rings is 1. The second-order valence-electron chi connectivity index (χ2n) is 8.83. The normalized spacial score (nSPS) is 19.5. The number of carbonyl (C=O) groups excluding carboxylic acids is 1. The van der Waals surface area contributed by atoms with Crippen LogP contribution in [0.15, 0.2) is 36.5 Å². The van der Waals surface area contributed by atoms with Gasteiger partial charge in [-0.25, -0.2) is 4.98 Å². The summed E-state index contributed by atoms with van der Waals surface area (Å²) in [6.07, 6.45) is 2.61. The van der Waals surface area contributed by atoms with Gasteiger partial charge in [-0.3, -0.25) is 14.5 Å². The Morgan fingerprint density at radius 2 is 2.00 bits per heavy atom. The Kier molecular flexibility index (Phi) is 5.20. The van der Waals surface area contributed by atoms with E-state index in [0.29, 0.717) is 49.6 Å². The summed E-state index contributed by atoms with van der Waals surface area (Å²) in [6.45, 7) is 3.78. The summed E-state index contributed by atoms with van der Waals surface area (Å²) in [6, 6.07) is 9.48. The SMILES string of the molecule is CC1Oc2ccc(-c3nc4ccc(N)cn4c3CN3CCC(C(=O)O)CC3)cc2N(C)C1=O. The van der Waals surface area contributed by atoms with Gasteiger partial charge in [-0.2, -0.15) is 0 Å². The lowest BCUT2D eigenvalue weighted by Crippen LogP contribution is -2.41. The largest absolute Gasteiger partial charge is 0.481 e. The highest BCUT2D eigenvalue weighted by atomic mass is 16.5. The number of nitrogens with zero attached hydrogens (tertiary/aromatic N) is 4. The van der Waals surface area contributed by atoms with E-state index in [1.54, 1.807) is 18.9 Å². The number of nitrogen functional groups attached to an aromatic ring is 1. The average Bonchev–Trinajstić information content (AvgIpc) is 3.15. The summed E-state index contributed by atoms with van der Waals surface area (Å²) in [5, 5.41) is 9.31. The van der Waals surface area contributed by atoms with Crippen LogP contribution in [-0.4, -0.2) is 57.5 Å². The number of benzene rings is 1. The van der Waals surface area contributed by atoms with Crippen LogP contribution in [0, 0.1) is 5.92 Å². The zero-order chi connectivity index (χ0) is 23.3. The van der Waals surface area contributed by atoms with Gasteiger partial charge in [0.15, 0.2) is 6.10 Å². The number of imidazole rings is 1. The number of piperidine rings is 1. The van der Waals surface area contributed by atoms with E-state index in [1.807, 2.05) is 40.9 Å². The van der Waals surface area contributed by atoms with Crippen molar-refractivity contribution in [2.24, 2.45) is 5.92 Å². The van der Waals surface area contributed by atoms with E-state index in [4.69, 9.17) is 15.5 Å². The zero-order valence-corrected chi connectivity index (χ0v) is 18.7. The molecule has 172 valence electrons. The van der Waals surface area contributed by atoms with E-state index in [-0.39, 0.29) is 11.8 Å². The minimum Gasteiger partial charge on any atom is -0.481 e. The number of carboxylic acids is 1. The van der Waals surface area contributed by atoms with Crippen molar-refractivity contribution in [3.63, 3.8) is 0 Å². The number of likely N-dealkylation sites (N-methyl/N-ethyl adjacent to an activating group) is 1. The highest BCUT2D eigenvalue weighted by molar-refractivity contribution is 6.00. The molecule has 1 unspecified atom stereocenters. The molecule has 5 rings (SSSR count). The Morgan fingerprint density at radius 3 is 2.73 bits per heavy atom. The van der Waals surface area contributed by atoms with Gasteiger partial charge >= 0.3 is 5.97 Å². The summed E-state index contributed by atoms with van der Waals surface area (Å²) in [5.74, 6) is -0.431. The second kappa shape index (κ2) is 8.08. The van der Waals surface area contributed by atoms with Gasteiger partial charge in [-0.1, -0.05) is 0 Å². The molecular formula is C24H27N5O4. The van der Waals surface area contributed by atoms with Crippen molar-refractivity contribution in [2.45, 2.75) is 32.4 Å². The lowest BCUT2D eigenvalue weighted by molar-refractivity contribution is -0.143. The van der Waals surface area contributed by atoms with Crippen LogP contribution in [0.1, 0.15) is 25.5 Å². The van der Waals surface area contributed by atoms with Gasteiger partial charge in [0.25, 0.3) is 5.91 Å². The van der Waals surface area contributed by atoms with Gasteiger partial charge < -0.3 is 24.9 Å². The number of carboxylic acid groups (broad SMARTS) is 1. The van der Waals surface area contributed by atoms with Crippen LogP contribution in [0.2, 0.25) is 0 Å². The maximum absolute atomic E-state index is 12.4. The van der Waals surface area contributed by atoms with Crippen molar-refractivity contribution in [3.05, 3.63) is 42.2 Å². The van der Waals surface area contributed by atoms with Crippen molar-refractivity contribution < 1.29 is 19.4 Å². The van der Waals surface area contributed by atoms with Crippen molar-refractivity contribution in [1.82, 2.24) is 14.3 Å². The molecule has 1 aromatic carbocycles. The third-order valence-corrected chi connectivity index (χ3v) is 6.63. The van der Waals surface area contributed by atoms with Crippen molar-refractivity contribution in [1.29, 1.82) is 0 Å². The van der Waals surface area contributed by atoms with Gasteiger partial charge in [-0.15, -0.1) is 0 Å². The highest BCUT2D eigenvalue weighted by Crippen LogP contribution is 2.38. The van der Waals surface area contributed by atoms with E-state index >= 15 is 0 Å². The number of carbonyl (C=O) groups is 2. The highest BCUT2D eigenvalue weighted by Gasteiger charge is 2.30. The Labute approximate surface area is 191 Å². The molecule has 0 bridgehead atoms. The standard InChI is InChI=1S/C24H27N5O4/c1-14-23(30)27(2)18-11-16(3-5-20(18)33-14)22-19(29-12-17(25)4-6-21(29)26-22)13-28-9-7-15(8-10-28)24(31)32/h3-6,11-12,14-15H,7-10,13,25H2,1-2H3,(H,31,32). The van der Waals surface area contributed by atoms with Crippen LogP contribution < -0.4 is 15.4 Å². The Morgan fingerprint density at radius 1 is 1.24 bits per heavy atom. The molecule has 4 heterocycles. The van der Waals surface area contributed by atoms with E-state index in [2.05, 4.69) is 4.90 Å². The van der Waals surface area contributed by atoms with E-state index in [9.17, 15) is 14.7 Å². The smallest absolute Gasteiger partial charge is 0.306 e. The molecule has 3 aromatic rings. The number of rotatable bonds is 4. The third kappa shape index (κ3) is 3.78. The maximum atomic E-state index is 12.4. The van der Waals surface area contributed by atoms with E-state index in [0.717, 1.165) is 22.6 Å². The van der Waals surface area contributed by atoms with Crippen LogP contribution in [0.25, 0.3) is 16.9 Å². The minimum atomic E-state index is -0.720. The van der Waals surface area contributed by atoms with E-state index in [1.165, 1.54) is 0 Å². The molecule has 1 atom stereocenters. The number of nitrogens with two attached hydrogens (primary N) is 1. The first kappa shape index (κ1) is 21.3. The topological polar surface area (TPSA) is 113 Å². The minimum absolute atomic E-state index is 0.0936. The lowest BCUT2D eigenvalue weighted by atomic mass is 9.97. The predicted octanol–water partition coefficient (Wildman–Crippen LogP) is 2.62. The summed E-state index contributed by atoms with van der Waals surface area (Å²) >= 11 is 0. The number of likely N-dealkylation sites (tertiary alicyclic amines) is 1. The fraction of sp³-hybridized carbons (Fsp3) is 0.375. The first-order valence-corrected chi connectivity index (χ1v) is 11.1. The van der Waals surface area contributed by atoms with Crippen LogP contribution in [0.3, 0.4) is 0 Å². The summed E-state index contributed by atoms with van der Waals surface area (Å²) < 4.78 is 7.77. The fourth-order valence-corrected chi connectivity index (χ4v) is 4.70. The molecule has 0 radical (unpaired) electrons. The Hall–Kier alpha value is -3.59. The van der Waals surface area contributed by atoms with Crippen molar-refractivity contribution in [2.75, 3.05) is 30.8 Å². The molecule has 3 N–H and O–H groups in total. The zero-order valence-electron chi connectivity index (χ0n) is 18.7. The molecular weight excluding hydrogens is 422 g/mol. The second-order valence-corrected chi connectivity index (χ2v) is 8.83. The average molecular weight is 450 g/mol. The number of amides is 1. The van der Waals surface area contributed by atoms with Gasteiger partial charge in [0.2, 0.25) is 0 Å². The van der Waals surface area contributed by atoms with Gasteiger partial charge in [0, 0.05) is 31.0 Å².